The number of ketones is 1. The van der Waals surface area contributed by atoms with Crippen LogP contribution in [0, 0.1) is 0 Å². The number of amides is 1. The topological polar surface area (TPSA) is 66.8 Å². The molecule has 0 spiro atoms. The Morgan fingerprint density at radius 1 is 1.14 bits per heavy atom. The van der Waals surface area contributed by atoms with Gasteiger partial charge in [0.15, 0.2) is 0 Å². The standard InChI is InChI=1S/C23H24ClNO4/c1-3-5-13-25-20(16-7-6-8-18(14-16)29-4-2)19(22(27)23(25)28)21(26)15-9-11-17(24)12-10-15/h6-12,14,20,26H,3-5,13H2,1-2H3/b21-19-. The zero-order chi connectivity index (χ0) is 21.0. The van der Waals surface area contributed by atoms with Crippen molar-refractivity contribution in [3.05, 3.63) is 70.3 Å². The van der Waals surface area contributed by atoms with Crippen molar-refractivity contribution in [3.63, 3.8) is 0 Å². The summed E-state index contributed by atoms with van der Waals surface area (Å²) in [5, 5.41) is 11.5. The quantitative estimate of drug-likeness (QED) is 0.395. The SMILES string of the molecule is CCCCN1C(=O)C(=O)/C(=C(\O)c2ccc(Cl)cc2)C1c1cccc(OCC)c1. The molecule has 3 rings (SSSR count). The van der Waals surface area contributed by atoms with Crippen LogP contribution in [0.15, 0.2) is 54.1 Å². The molecule has 1 saturated heterocycles. The number of aliphatic hydroxyl groups is 1. The Kier molecular flexibility index (Phi) is 6.60. The second-order valence-corrected chi connectivity index (χ2v) is 7.29. The van der Waals surface area contributed by atoms with Gasteiger partial charge in [0.1, 0.15) is 11.5 Å². The maximum absolute atomic E-state index is 12.9. The molecule has 29 heavy (non-hydrogen) atoms. The van der Waals surface area contributed by atoms with Crippen LogP contribution in [0.3, 0.4) is 0 Å². The lowest BCUT2D eigenvalue weighted by Gasteiger charge is -2.25. The summed E-state index contributed by atoms with van der Waals surface area (Å²) in [5.41, 5.74) is 1.25. The van der Waals surface area contributed by atoms with Crippen molar-refractivity contribution in [2.24, 2.45) is 0 Å². The highest BCUT2D eigenvalue weighted by Gasteiger charge is 2.45. The Balaban J connectivity index is 2.14. The lowest BCUT2D eigenvalue weighted by atomic mass is 9.95. The van der Waals surface area contributed by atoms with E-state index in [0.717, 1.165) is 18.4 Å². The molecule has 2 aromatic carbocycles. The number of Topliss-reactive ketones (excluding diaryl/α,β-unsaturated/α-hetero) is 1. The summed E-state index contributed by atoms with van der Waals surface area (Å²) in [6.45, 7) is 4.85. The molecule has 1 atom stereocenters. The van der Waals surface area contributed by atoms with Crippen LogP contribution >= 0.6 is 11.6 Å². The Labute approximate surface area is 175 Å². The molecule has 1 amide bonds. The van der Waals surface area contributed by atoms with Gasteiger partial charge in [-0.15, -0.1) is 0 Å². The van der Waals surface area contributed by atoms with Gasteiger partial charge in [0.2, 0.25) is 0 Å². The van der Waals surface area contributed by atoms with Gasteiger partial charge in [-0.1, -0.05) is 37.1 Å². The van der Waals surface area contributed by atoms with E-state index in [9.17, 15) is 14.7 Å². The van der Waals surface area contributed by atoms with Crippen molar-refractivity contribution < 1.29 is 19.4 Å². The minimum atomic E-state index is -0.680. The van der Waals surface area contributed by atoms with Gasteiger partial charge in [-0.2, -0.15) is 0 Å². The summed E-state index contributed by atoms with van der Waals surface area (Å²) < 4.78 is 5.59. The van der Waals surface area contributed by atoms with E-state index in [4.69, 9.17) is 16.3 Å². The molecule has 1 heterocycles. The highest BCUT2D eigenvalue weighted by atomic mass is 35.5. The first-order chi connectivity index (χ1) is 14.0. The number of carbonyl (C=O) groups excluding carboxylic acids is 2. The fraction of sp³-hybridized carbons (Fsp3) is 0.304. The number of likely N-dealkylation sites (tertiary alicyclic amines) is 1. The van der Waals surface area contributed by atoms with Crippen molar-refractivity contribution in [2.75, 3.05) is 13.2 Å². The molecule has 5 nitrogen and oxygen atoms in total. The molecule has 1 aliphatic rings. The summed E-state index contributed by atoms with van der Waals surface area (Å²) in [5.74, 6) is -0.829. The first-order valence-corrected chi connectivity index (χ1v) is 10.1. The molecule has 1 N–H and O–H groups in total. The van der Waals surface area contributed by atoms with Gasteiger partial charge >= 0.3 is 0 Å². The first-order valence-electron chi connectivity index (χ1n) is 9.75. The molecule has 1 unspecified atom stereocenters. The molecule has 2 aromatic rings. The maximum Gasteiger partial charge on any atom is 0.295 e. The number of carbonyl (C=O) groups is 2. The van der Waals surface area contributed by atoms with E-state index in [1.807, 2.05) is 38.1 Å². The fourth-order valence-electron chi connectivity index (χ4n) is 3.49. The molecule has 6 heteroatoms. The predicted molar refractivity (Wildman–Crippen MR) is 113 cm³/mol. The summed E-state index contributed by atoms with van der Waals surface area (Å²) in [7, 11) is 0. The van der Waals surface area contributed by atoms with Gasteiger partial charge in [-0.3, -0.25) is 9.59 Å². The number of benzene rings is 2. The van der Waals surface area contributed by atoms with Crippen LogP contribution in [0.25, 0.3) is 5.76 Å². The van der Waals surface area contributed by atoms with Crippen molar-refractivity contribution in [1.29, 1.82) is 0 Å². The predicted octanol–water partition coefficient (Wildman–Crippen LogP) is 4.96. The van der Waals surface area contributed by atoms with E-state index in [0.29, 0.717) is 29.5 Å². The van der Waals surface area contributed by atoms with E-state index in [-0.39, 0.29) is 11.3 Å². The van der Waals surface area contributed by atoms with Crippen LogP contribution in [0.1, 0.15) is 43.9 Å². The van der Waals surface area contributed by atoms with Crippen molar-refractivity contribution in [1.82, 2.24) is 4.90 Å². The van der Waals surface area contributed by atoms with Gasteiger partial charge in [-0.25, -0.2) is 0 Å². The zero-order valence-corrected chi connectivity index (χ0v) is 17.3. The largest absolute Gasteiger partial charge is 0.507 e. The van der Waals surface area contributed by atoms with Gasteiger partial charge in [-0.05, 0) is 55.3 Å². The zero-order valence-electron chi connectivity index (χ0n) is 16.5. The van der Waals surface area contributed by atoms with Gasteiger partial charge in [0.25, 0.3) is 11.7 Å². The number of aliphatic hydroxyl groups excluding tert-OH is 1. The normalized spacial score (nSPS) is 18.3. The molecule has 1 aliphatic heterocycles. The van der Waals surface area contributed by atoms with Crippen molar-refractivity contribution >= 4 is 29.1 Å². The molecule has 0 aromatic heterocycles. The van der Waals surface area contributed by atoms with Crippen LogP contribution in [0.2, 0.25) is 5.02 Å². The second-order valence-electron chi connectivity index (χ2n) is 6.86. The summed E-state index contributed by atoms with van der Waals surface area (Å²) in [4.78, 5) is 27.2. The van der Waals surface area contributed by atoms with Gasteiger partial charge in [0, 0.05) is 17.1 Å². The summed E-state index contributed by atoms with van der Waals surface area (Å²) in [6.07, 6.45) is 1.64. The summed E-state index contributed by atoms with van der Waals surface area (Å²) in [6, 6.07) is 13.2. The van der Waals surface area contributed by atoms with Crippen molar-refractivity contribution in [2.45, 2.75) is 32.7 Å². The fourth-order valence-corrected chi connectivity index (χ4v) is 3.62. The Bertz CT molecular complexity index is 936. The Hall–Kier alpha value is -2.79. The average molecular weight is 414 g/mol. The minimum absolute atomic E-state index is 0.0853. The highest BCUT2D eigenvalue weighted by Crippen LogP contribution is 2.40. The second kappa shape index (κ2) is 9.14. The average Bonchev–Trinajstić information content (AvgIpc) is 2.97. The van der Waals surface area contributed by atoms with Crippen LogP contribution in [-0.2, 0) is 9.59 Å². The minimum Gasteiger partial charge on any atom is -0.507 e. The number of rotatable bonds is 7. The molecule has 0 aliphatic carbocycles. The van der Waals surface area contributed by atoms with E-state index in [1.165, 1.54) is 0 Å². The van der Waals surface area contributed by atoms with E-state index >= 15 is 0 Å². The first kappa shape index (κ1) is 20.9. The molecule has 0 saturated carbocycles. The molecule has 0 bridgehead atoms. The van der Waals surface area contributed by atoms with Crippen LogP contribution in [0.4, 0.5) is 0 Å². The third-order valence-corrected chi connectivity index (χ3v) is 5.15. The van der Waals surface area contributed by atoms with E-state index < -0.39 is 17.7 Å². The molecule has 1 fully saturated rings. The van der Waals surface area contributed by atoms with Gasteiger partial charge < -0.3 is 14.7 Å². The molecule has 152 valence electrons. The number of ether oxygens (including phenoxy) is 1. The Morgan fingerprint density at radius 3 is 2.52 bits per heavy atom. The number of unbranched alkanes of at least 4 members (excludes halogenated alkanes) is 1. The lowest BCUT2D eigenvalue weighted by Crippen LogP contribution is -2.30. The maximum atomic E-state index is 12.9. The monoisotopic (exact) mass is 413 g/mol. The van der Waals surface area contributed by atoms with E-state index in [1.54, 1.807) is 29.2 Å². The third-order valence-electron chi connectivity index (χ3n) is 4.90. The number of nitrogens with zero attached hydrogens (tertiary/aromatic N) is 1. The van der Waals surface area contributed by atoms with Crippen molar-refractivity contribution in [3.8, 4) is 5.75 Å². The number of hydrogen-bond acceptors (Lipinski definition) is 4. The van der Waals surface area contributed by atoms with E-state index in [2.05, 4.69) is 0 Å². The Morgan fingerprint density at radius 2 is 1.86 bits per heavy atom. The number of hydrogen-bond donors (Lipinski definition) is 1. The molecular weight excluding hydrogens is 390 g/mol. The smallest absolute Gasteiger partial charge is 0.295 e. The van der Waals surface area contributed by atoms with Crippen LogP contribution < -0.4 is 4.74 Å². The highest BCUT2D eigenvalue weighted by molar-refractivity contribution is 6.46. The van der Waals surface area contributed by atoms with Crippen LogP contribution in [0.5, 0.6) is 5.75 Å². The molecular formula is C23H24ClNO4. The lowest BCUT2D eigenvalue weighted by molar-refractivity contribution is -0.139. The molecule has 0 radical (unpaired) electrons. The van der Waals surface area contributed by atoms with Crippen LogP contribution in [-0.4, -0.2) is 34.8 Å². The summed E-state index contributed by atoms with van der Waals surface area (Å²) >= 11 is 5.94. The van der Waals surface area contributed by atoms with Gasteiger partial charge in [0.05, 0.1) is 18.2 Å². The number of halogens is 1. The third kappa shape index (κ3) is 4.30.